The highest BCUT2D eigenvalue weighted by molar-refractivity contribution is 5.72. The molecule has 0 aliphatic rings. The largest absolute Gasteiger partial charge is 0.396 e. The molecule has 0 unspecified atom stereocenters. The topological polar surface area (TPSA) is 85.2 Å². The summed E-state index contributed by atoms with van der Waals surface area (Å²) in [6, 6.07) is 0. The number of allylic oxidation sites excluding steroid dienone is 1. The number of methoxy groups -OCH3 is 1. The van der Waals surface area contributed by atoms with Gasteiger partial charge in [0.2, 0.25) is 0 Å². The molecular weight excluding hydrogens is 781 g/mol. The molecule has 0 aliphatic heterocycles. The Morgan fingerprint density at radius 3 is 0.984 bits per heavy atom. The number of rotatable bonds is 42. The lowest BCUT2D eigenvalue weighted by molar-refractivity contribution is -0.327. The minimum atomic E-state index is 0.167. The predicted octanol–water partition coefficient (Wildman–Crippen LogP) is 19.0. The minimum Gasteiger partial charge on any atom is -0.396 e. The standard InChI is InChI=1S/C20H42O2.C16H34O.C7H16O2.C6H12.C5H12.C3H6O/c1-4-7-10-12-14-17-20(18-15-13-11-8-5-2)22-21-19-16-9-6-3;1-4-6-8-10-12-14-16(17-3)15-13-11-9-7-5-2;8-6-4-2-1-3-5-7-9;1-3-5-6-4-2;1-3-5-4-2;1-3(2)4/h20H,4-19H2,1-3H3;16H,4-15H2,1-3H3;8-9H,1-7H2;3H,1,4-6H2,2H3;3-5H2,1-2H3;1-2H3. The molecule has 0 amide bonds. The highest BCUT2D eigenvalue weighted by atomic mass is 17.2. The molecule has 0 bridgehead atoms. The molecule has 0 rings (SSSR count). The zero-order chi connectivity index (χ0) is 48.6. The number of carbonyl (C=O) groups is 1. The summed E-state index contributed by atoms with van der Waals surface area (Å²) in [5.74, 6) is 0.167. The average molecular weight is 904 g/mol. The van der Waals surface area contributed by atoms with Crippen molar-refractivity contribution in [3.8, 4) is 0 Å². The van der Waals surface area contributed by atoms with Crippen LogP contribution in [0.15, 0.2) is 12.7 Å². The number of aliphatic hydroxyl groups excluding tert-OH is 2. The molecule has 63 heavy (non-hydrogen) atoms. The summed E-state index contributed by atoms with van der Waals surface area (Å²) in [6.07, 6.45) is 51.4. The predicted molar refractivity (Wildman–Crippen MR) is 283 cm³/mol. The molecule has 386 valence electrons. The van der Waals surface area contributed by atoms with E-state index in [0.717, 1.165) is 45.1 Å². The zero-order valence-corrected chi connectivity index (χ0v) is 45.5. The van der Waals surface area contributed by atoms with E-state index in [4.69, 9.17) is 24.7 Å². The maximum atomic E-state index is 9.44. The first-order chi connectivity index (χ1) is 30.7. The van der Waals surface area contributed by atoms with Crippen LogP contribution in [0, 0.1) is 0 Å². The maximum absolute atomic E-state index is 9.44. The lowest BCUT2D eigenvalue weighted by Crippen LogP contribution is -2.14. The van der Waals surface area contributed by atoms with E-state index in [9.17, 15) is 4.79 Å². The fourth-order valence-corrected chi connectivity index (χ4v) is 6.53. The van der Waals surface area contributed by atoms with Crippen molar-refractivity contribution in [3.05, 3.63) is 12.7 Å². The summed E-state index contributed by atoms with van der Waals surface area (Å²) >= 11 is 0. The molecule has 0 aromatic carbocycles. The Morgan fingerprint density at radius 2 is 0.714 bits per heavy atom. The van der Waals surface area contributed by atoms with Crippen molar-refractivity contribution in [2.45, 2.75) is 325 Å². The van der Waals surface area contributed by atoms with E-state index in [1.165, 1.54) is 219 Å². The van der Waals surface area contributed by atoms with E-state index in [2.05, 4.69) is 62.0 Å². The van der Waals surface area contributed by atoms with E-state index in [0.29, 0.717) is 25.4 Å². The summed E-state index contributed by atoms with van der Waals surface area (Å²) in [7, 11) is 1.88. The van der Waals surface area contributed by atoms with Gasteiger partial charge < -0.3 is 19.7 Å². The van der Waals surface area contributed by atoms with Crippen LogP contribution in [0.4, 0.5) is 0 Å². The molecule has 6 nitrogen and oxygen atoms in total. The van der Waals surface area contributed by atoms with Gasteiger partial charge in [-0.25, -0.2) is 9.78 Å². The van der Waals surface area contributed by atoms with Crippen LogP contribution in [0.5, 0.6) is 0 Å². The molecule has 0 atom stereocenters. The van der Waals surface area contributed by atoms with Gasteiger partial charge in [0.15, 0.2) is 0 Å². The summed E-state index contributed by atoms with van der Waals surface area (Å²) in [5, 5.41) is 16.7. The molecule has 0 aromatic heterocycles. The van der Waals surface area contributed by atoms with E-state index >= 15 is 0 Å². The fourth-order valence-electron chi connectivity index (χ4n) is 6.53. The van der Waals surface area contributed by atoms with Crippen molar-refractivity contribution in [2.75, 3.05) is 26.9 Å². The molecule has 0 spiro atoms. The number of hydrogen-bond donors (Lipinski definition) is 2. The van der Waals surface area contributed by atoms with Crippen LogP contribution in [0.2, 0.25) is 0 Å². The number of carbonyl (C=O) groups excluding carboxylic acids is 1. The van der Waals surface area contributed by atoms with Gasteiger partial charge in [-0.2, -0.15) is 0 Å². The molecule has 0 fully saturated rings. The lowest BCUT2D eigenvalue weighted by atomic mass is 10.0. The first-order valence-electron chi connectivity index (χ1n) is 27.8. The average Bonchev–Trinajstić information content (AvgIpc) is 3.28. The van der Waals surface area contributed by atoms with Crippen molar-refractivity contribution < 1.29 is 29.5 Å². The third kappa shape index (κ3) is 96.3. The maximum Gasteiger partial charge on any atom is 0.126 e. The van der Waals surface area contributed by atoms with Crippen molar-refractivity contribution in [1.82, 2.24) is 0 Å². The van der Waals surface area contributed by atoms with Gasteiger partial charge in [-0.3, -0.25) is 0 Å². The Bertz CT molecular complexity index is 657. The smallest absolute Gasteiger partial charge is 0.126 e. The van der Waals surface area contributed by atoms with Crippen molar-refractivity contribution in [1.29, 1.82) is 0 Å². The van der Waals surface area contributed by atoms with Gasteiger partial charge in [0, 0.05) is 20.3 Å². The van der Waals surface area contributed by atoms with E-state index < -0.39 is 0 Å². The summed E-state index contributed by atoms with van der Waals surface area (Å²) in [6.45, 7) is 25.9. The summed E-state index contributed by atoms with van der Waals surface area (Å²) in [4.78, 5) is 20.6. The number of Topliss-reactive ketones (excluding diaryl/α,β-unsaturated/α-hetero) is 1. The second kappa shape index (κ2) is 78.4. The van der Waals surface area contributed by atoms with Crippen molar-refractivity contribution >= 4 is 5.78 Å². The molecule has 0 aliphatic carbocycles. The number of ether oxygens (including phenoxy) is 1. The van der Waals surface area contributed by atoms with Crippen molar-refractivity contribution in [3.63, 3.8) is 0 Å². The first-order valence-corrected chi connectivity index (χ1v) is 27.8. The van der Waals surface area contributed by atoms with Crippen LogP contribution in [0.25, 0.3) is 0 Å². The second-order valence-corrected chi connectivity index (χ2v) is 17.8. The quantitative estimate of drug-likeness (QED) is 0.0275. The zero-order valence-electron chi connectivity index (χ0n) is 45.5. The monoisotopic (exact) mass is 903 g/mol. The fraction of sp³-hybridized carbons (Fsp3) is 0.947. The lowest BCUT2D eigenvalue weighted by Gasteiger charge is -2.16. The van der Waals surface area contributed by atoms with E-state index in [1.54, 1.807) is 0 Å². The Kier molecular flexibility index (Phi) is 91.8. The molecule has 2 N–H and O–H groups in total. The second-order valence-electron chi connectivity index (χ2n) is 17.8. The van der Waals surface area contributed by atoms with Gasteiger partial charge in [-0.05, 0) is 65.2 Å². The Labute approximate surface area is 399 Å². The molecular formula is C57H122O6. The van der Waals surface area contributed by atoms with Gasteiger partial charge in [0.1, 0.15) is 5.78 Å². The number of ketones is 1. The molecule has 0 saturated heterocycles. The molecule has 0 saturated carbocycles. The Balaban J connectivity index is -0.000000173. The van der Waals surface area contributed by atoms with Gasteiger partial charge in [0.05, 0.1) is 18.8 Å². The van der Waals surface area contributed by atoms with Crippen LogP contribution < -0.4 is 0 Å². The minimum absolute atomic E-state index is 0.167. The highest BCUT2D eigenvalue weighted by Crippen LogP contribution is 2.18. The Morgan fingerprint density at radius 1 is 0.429 bits per heavy atom. The number of hydrogen-bond acceptors (Lipinski definition) is 6. The SMILES string of the molecule is C=CCCCC.CC(C)=O.CCCCC.CCCCCCCC(CCCCCCC)OC.CCCCCCCC(CCCCCCC)OOCCCCC.OCCCCCCCO. The van der Waals surface area contributed by atoms with E-state index in [-0.39, 0.29) is 5.78 Å². The van der Waals surface area contributed by atoms with Crippen LogP contribution in [0.1, 0.15) is 313 Å². The third-order valence-electron chi connectivity index (χ3n) is 10.7. The van der Waals surface area contributed by atoms with Crippen LogP contribution in [-0.4, -0.2) is 55.1 Å². The normalized spacial score (nSPS) is 10.3. The molecule has 0 heterocycles. The van der Waals surface area contributed by atoms with E-state index in [1.807, 2.05) is 13.2 Å². The van der Waals surface area contributed by atoms with Crippen LogP contribution in [0.3, 0.4) is 0 Å². The summed E-state index contributed by atoms with van der Waals surface area (Å²) in [5.41, 5.74) is 0. The highest BCUT2D eigenvalue weighted by Gasteiger charge is 2.10. The molecule has 6 heteroatoms. The number of unbranched alkanes of at least 4 members (excludes halogenated alkanes) is 26. The van der Waals surface area contributed by atoms with Gasteiger partial charge in [-0.1, -0.05) is 254 Å². The van der Waals surface area contributed by atoms with Crippen LogP contribution >= 0.6 is 0 Å². The molecule has 0 radical (unpaired) electrons. The van der Waals surface area contributed by atoms with Gasteiger partial charge >= 0.3 is 0 Å². The first kappa shape index (κ1) is 73.8. The molecule has 0 aromatic rings. The van der Waals surface area contributed by atoms with Gasteiger partial charge in [-0.15, -0.1) is 6.58 Å². The van der Waals surface area contributed by atoms with Gasteiger partial charge in [0.25, 0.3) is 0 Å². The number of aliphatic hydroxyl groups is 2. The third-order valence-corrected chi connectivity index (χ3v) is 10.7. The van der Waals surface area contributed by atoms with Crippen molar-refractivity contribution in [2.24, 2.45) is 0 Å². The van der Waals surface area contributed by atoms with Crippen LogP contribution in [-0.2, 0) is 19.3 Å². The summed E-state index contributed by atoms with van der Waals surface area (Å²) < 4.78 is 5.56. The Hall–Kier alpha value is -0.790.